The van der Waals surface area contributed by atoms with E-state index in [2.05, 4.69) is 10.0 Å². The van der Waals surface area contributed by atoms with Gasteiger partial charge in [-0.25, -0.2) is 13.1 Å². The average molecular weight is 457 g/mol. The molecule has 0 heterocycles. The van der Waals surface area contributed by atoms with Crippen molar-refractivity contribution in [3.05, 3.63) is 94.5 Å². The van der Waals surface area contributed by atoms with Gasteiger partial charge in [-0.05, 0) is 61.2 Å². The Kier molecular flexibility index (Phi) is 7.49. The van der Waals surface area contributed by atoms with Crippen molar-refractivity contribution in [2.45, 2.75) is 37.6 Å². The van der Waals surface area contributed by atoms with Crippen LogP contribution in [0.3, 0.4) is 0 Å². The molecular formula is C24H25ClN2O3S. The Morgan fingerprint density at radius 1 is 1.00 bits per heavy atom. The monoisotopic (exact) mass is 456 g/mol. The van der Waals surface area contributed by atoms with E-state index in [4.69, 9.17) is 11.6 Å². The topological polar surface area (TPSA) is 75.3 Å². The molecule has 2 N–H and O–H groups in total. The predicted molar refractivity (Wildman–Crippen MR) is 125 cm³/mol. The van der Waals surface area contributed by atoms with Crippen LogP contribution in [-0.4, -0.2) is 14.3 Å². The Morgan fingerprint density at radius 3 is 2.35 bits per heavy atom. The van der Waals surface area contributed by atoms with Crippen molar-refractivity contribution in [3.8, 4) is 0 Å². The molecule has 0 aliphatic rings. The van der Waals surface area contributed by atoms with Crippen molar-refractivity contribution in [1.82, 2.24) is 4.72 Å². The molecule has 31 heavy (non-hydrogen) atoms. The summed E-state index contributed by atoms with van der Waals surface area (Å²) in [5.74, 6) is -0.125. The van der Waals surface area contributed by atoms with E-state index in [-0.39, 0.29) is 23.3 Å². The fraction of sp³-hybridized carbons (Fsp3) is 0.208. The Morgan fingerprint density at radius 2 is 1.68 bits per heavy atom. The Bertz CT molecular complexity index is 1150. The van der Waals surface area contributed by atoms with Gasteiger partial charge >= 0.3 is 0 Å². The van der Waals surface area contributed by atoms with Gasteiger partial charge in [0.2, 0.25) is 15.9 Å². The first-order chi connectivity index (χ1) is 14.7. The highest BCUT2D eigenvalue weighted by atomic mass is 35.5. The highest BCUT2D eigenvalue weighted by Crippen LogP contribution is 2.21. The van der Waals surface area contributed by atoms with Gasteiger partial charge in [-0.2, -0.15) is 0 Å². The van der Waals surface area contributed by atoms with Crippen LogP contribution in [-0.2, 0) is 21.2 Å². The van der Waals surface area contributed by atoms with Crippen LogP contribution < -0.4 is 10.0 Å². The molecule has 3 aromatic carbocycles. The lowest BCUT2D eigenvalue weighted by Gasteiger charge is -2.15. The van der Waals surface area contributed by atoms with Crippen molar-refractivity contribution in [3.63, 3.8) is 0 Å². The van der Waals surface area contributed by atoms with Crippen LogP contribution in [0.15, 0.2) is 77.7 Å². The number of benzene rings is 3. The zero-order chi connectivity index (χ0) is 22.4. The summed E-state index contributed by atoms with van der Waals surface area (Å²) < 4.78 is 28.0. The van der Waals surface area contributed by atoms with Gasteiger partial charge in [0, 0.05) is 23.2 Å². The van der Waals surface area contributed by atoms with E-state index in [9.17, 15) is 13.2 Å². The fourth-order valence-electron chi connectivity index (χ4n) is 3.15. The molecule has 1 atom stereocenters. The molecule has 162 valence electrons. The van der Waals surface area contributed by atoms with Gasteiger partial charge in [0.1, 0.15) is 0 Å². The van der Waals surface area contributed by atoms with Gasteiger partial charge < -0.3 is 5.32 Å². The standard InChI is InChI=1S/C24H25ClN2O3S/c1-17-8-12-21(25)16-23(17)26-24(28)15-11-19-9-13-22(14-10-19)31(29,30)27-18(2)20-6-4-3-5-7-20/h3-10,12-14,16,18,27H,11,15H2,1-2H3,(H,26,28)/t18-/m1/s1. The van der Waals surface area contributed by atoms with Crippen LogP contribution in [0.25, 0.3) is 0 Å². The first-order valence-corrected chi connectivity index (χ1v) is 11.8. The van der Waals surface area contributed by atoms with Gasteiger partial charge in [-0.15, -0.1) is 0 Å². The molecule has 0 fully saturated rings. The van der Waals surface area contributed by atoms with Gasteiger partial charge in [0.05, 0.1) is 4.90 Å². The van der Waals surface area contributed by atoms with Crippen molar-refractivity contribution < 1.29 is 13.2 Å². The highest BCUT2D eigenvalue weighted by molar-refractivity contribution is 7.89. The van der Waals surface area contributed by atoms with Crippen molar-refractivity contribution >= 4 is 33.2 Å². The molecule has 3 aromatic rings. The number of sulfonamides is 1. The summed E-state index contributed by atoms with van der Waals surface area (Å²) in [7, 11) is -3.65. The van der Waals surface area contributed by atoms with E-state index in [0.29, 0.717) is 17.1 Å². The predicted octanol–water partition coefficient (Wildman–Crippen LogP) is 5.26. The maximum Gasteiger partial charge on any atom is 0.241 e. The second kappa shape index (κ2) is 10.1. The fourth-order valence-corrected chi connectivity index (χ4v) is 4.55. The number of nitrogens with one attached hydrogen (secondary N) is 2. The average Bonchev–Trinajstić information content (AvgIpc) is 2.75. The summed E-state index contributed by atoms with van der Waals surface area (Å²) in [4.78, 5) is 12.5. The van der Waals surface area contributed by atoms with Crippen molar-refractivity contribution in [2.75, 3.05) is 5.32 Å². The quantitative estimate of drug-likeness (QED) is 0.485. The maximum atomic E-state index is 12.7. The summed E-state index contributed by atoms with van der Waals surface area (Å²) >= 11 is 5.99. The molecular weight excluding hydrogens is 432 g/mol. The number of aryl methyl sites for hydroxylation is 2. The molecule has 0 aliphatic carbocycles. The van der Waals surface area contributed by atoms with Gasteiger partial charge in [0.25, 0.3) is 0 Å². The molecule has 1 amide bonds. The molecule has 0 radical (unpaired) electrons. The molecule has 0 unspecified atom stereocenters. The minimum atomic E-state index is -3.65. The largest absolute Gasteiger partial charge is 0.326 e. The third kappa shape index (κ3) is 6.40. The Hall–Kier alpha value is -2.67. The molecule has 0 aromatic heterocycles. The van der Waals surface area contributed by atoms with Gasteiger partial charge in [0.15, 0.2) is 0 Å². The van der Waals surface area contributed by atoms with E-state index >= 15 is 0 Å². The lowest BCUT2D eigenvalue weighted by atomic mass is 10.1. The molecule has 0 saturated heterocycles. The molecule has 0 saturated carbocycles. The number of carbonyl (C=O) groups is 1. The third-order valence-electron chi connectivity index (χ3n) is 4.98. The Labute approximate surface area is 188 Å². The smallest absolute Gasteiger partial charge is 0.241 e. The van der Waals surface area contributed by atoms with Crippen LogP contribution in [0.1, 0.15) is 36.1 Å². The van der Waals surface area contributed by atoms with Crippen molar-refractivity contribution in [1.29, 1.82) is 0 Å². The van der Waals surface area contributed by atoms with E-state index in [1.54, 1.807) is 36.4 Å². The SMILES string of the molecule is Cc1ccc(Cl)cc1NC(=O)CCc1ccc(S(=O)(=O)N[C@H](C)c2ccccc2)cc1. The number of hydrogen-bond donors (Lipinski definition) is 2. The van der Waals surface area contributed by atoms with Gasteiger partial charge in [-0.1, -0.05) is 60.1 Å². The van der Waals surface area contributed by atoms with Crippen LogP contribution in [0, 0.1) is 6.92 Å². The van der Waals surface area contributed by atoms with Crippen LogP contribution in [0.2, 0.25) is 5.02 Å². The summed E-state index contributed by atoms with van der Waals surface area (Å²) in [6, 6.07) is 21.0. The highest BCUT2D eigenvalue weighted by Gasteiger charge is 2.18. The number of halogens is 1. The van der Waals surface area contributed by atoms with Crippen LogP contribution >= 0.6 is 11.6 Å². The van der Waals surface area contributed by atoms with Crippen LogP contribution in [0.5, 0.6) is 0 Å². The normalized spacial score (nSPS) is 12.4. The second-order valence-corrected chi connectivity index (χ2v) is 9.56. The molecule has 3 rings (SSSR count). The number of anilines is 1. The number of rotatable bonds is 8. The first-order valence-electron chi connectivity index (χ1n) is 9.97. The van der Waals surface area contributed by atoms with E-state index in [1.807, 2.05) is 50.2 Å². The van der Waals surface area contributed by atoms with E-state index in [1.165, 1.54) is 0 Å². The first kappa shape index (κ1) is 23.0. The third-order valence-corrected chi connectivity index (χ3v) is 6.77. The number of hydrogen-bond acceptors (Lipinski definition) is 3. The number of amides is 1. The van der Waals surface area contributed by atoms with E-state index in [0.717, 1.165) is 16.7 Å². The Balaban J connectivity index is 1.58. The lowest BCUT2D eigenvalue weighted by Crippen LogP contribution is -2.26. The molecule has 0 aliphatic heterocycles. The van der Waals surface area contributed by atoms with E-state index < -0.39 is 10.0 Å². The minimum absolute atomic E-state index is 0.125. The van der Waals surface area contributed by atoms with Crippen LogP contribution in [0.4, 0.5) is 5.69 Å². The zero-order valence-electron chi connectivity index (χ0n) is 17.4. The molecule has 0 bridgehead atoms. The van der Waals surface area contributed by atoms with Gasteiger partial charge in [-0.3, -0.25) is 4.79 Å². The van der Waals surface area contributed by atoms with Crippen molar-refractivity contribution in [2.24, 2.45) is 0 Å². The summed E-state index contributed by atoms with van der Waals surface area (Å²) in [5.41, 5.74) is 3.40. The lowest BCUT2D eigenvalue weighted by molar-refractivity contribution is -0.116. The number of carbonyl (C=O) groups excluding carboxylic acids is 1. The summed E-state index contributed by atoms with van der Waals surface area (Å²) in [6.07, 6.45) is 0.779. The maximum absolute atomic E-state index is 12.7. The molecule has 5 nitrogen and oxygen atoms in total. The molecule has 7 heteroatoms. The minimum Gasteiger partial charge on any atom is -0.326 e. The molecule has 0 spiro atoms. The summed E-state index contributed by atoms with van der Waals surface area (Å²) in [6.45, 7) is 3.71. The summed E-state index contributed by atoms with van der Waals surface area (Å²) in [5, 5.41) is 3.43. The second-order valence-electron chi connectivity index (χ2n) is 7.41. The zero-order valence-corrected chi connectivity index (χ0v) is 19.0.